The SMILES string of the molecule is [B+2]c1ccccc1NC(=O)CCCC.[OH-].[OH-]. The van der Waals surface area contributed by atoms with Crippen molar-refractivity contribution in [1.29, 1.82) is 0 Å². The minimum Gasteiger partial charge on any atom is -0.870 e. The minimum absolute atomic E-state index is 0. The van der Waals surface area contributed by atoms with Gasteiger partial charge in [-0.25, -0.2) is 0 Å². The molecule has 0 spiro atoms. The molecule has 0 heterocycles. The summed E-state index contributed by atoms with van der Waals surface area (Å²) in [4.78, 5) is 11.4. The molecule has 0 aliphatic carbocycles. The van der Waals surface area contributed by atoms with Gasteiger partial charge in [-0.3, -0.25) is 0 Å². The van der Waals surface area contributed by atoms with Crippen molar-refractivity contribution in [2.45, 2.75) is 26.2 Å². The van der Waals surface area contributed by atoms with Crippen LogP contribution in [-0.2, 0) is 4.79 Å². The summed E-state index contributed by atoms with van der Waals surface area (Å²) in [5.41, 5.74) is 1.31. The Hall–Kier alpha value is -1.33. The minimum atomic E-state index is 0. The number of amides is 1. The fourth-order valence-corrected chi connectivity index (χ4v) is 1.16. The monoisotopic (exact) mass is 221 g/mol. The average molecular weight is 221 g/mol. The quantitative estimate of drug-likeness (QED) is 0.776. The number of para-hydroxylation sites is 1. The summed E-state index contributed by atoms with van der Waals surface area (Å²) in [5.74, 6) is 0.0322. The van der Waals surface area contributed by atoms with Gasteiger partial charge >= 0.3 is 85.5 Å². The molecule has 0 atom stereocenters. The van der Waals surface area contributed by atoms with E-state index in [0.717, 1.165) is 12.8 Å². The Labute approximate surface area is 97.1 Å². The molecule has 0 aliphatic rings. The largest absolute Gasteiger partial charge is 0.870 e. The Bertz CT molecular complexity index is 318. The standard InChI is InChI=1S/C11H14BNO.2H2O/c1-2-3-8-11(14)13-10-7-5-4-6-9(10)12;;/h4-7H,2-3,8H2,1H3,(H,13,14);2*1H2/q+2;;/p-2. The average Bonchev–Trinajstić information content (AvgIpc) is 2.18. The third-order valence-corrected chi connectivity index (χ3v) is 1.99. The maximum atomic E-state index is 11.4. The Kier molecular flexibility index (Phi) is 9.55. The molecule has 0 aliphatic heterocycles. The first-order valence-electron chi connectivity index (χ1n) is 4.88. The Morgan fingerprint density at radius 2 is 1.94 bits per heavy atom. The summed E-state index contributed by atoms with van der Waals surface area (Å²) in [6, 6.07) is 7.28. The number of benzene rings is 1. The predicted molar refractivity (Wildman–Crippen MR) is 63.9 cm³/mol. The molecule has 0 unspecified atom stereocenters. The van der Waals surface area contributed by atoms with Crippen molar-refractivity contribution in [2.75, 3.05) is 5.32 Å². The molecule has 0 saturated heterocycles. The van der Waals surface area contributed by atoms with Crippen molar-refractivity contribution in [3.63, 3.8) is 0 Å². The van der Waals surface area contributed by atoms with Gasteiger partial charge in [0.1, 0.15) is 0 Å². The molecule has 0 aromatic heterocycles. The third kappa shape index (κ3) is 5.53. The smallest absolute Gasteiger partial charge is 0.870 e. The van der Waals surface area contributed by atoms with Crippen LogP contribution in [0, 0.1) is 0 Å². The van der Waals surface area contributed by atoms with E-state index in [2.05, 4.69) is 12.2 Å². The van der Waals surface area contributed by atoms with E-state index < -0.39 is 0 Å². The molecule has 0 radical (unpaired) electrons. The van der Waals surface area contributed by atoms with E-state index >= 15 is 0 Å². The maximum Gasteiger partial charge on any atom is -0.870 e. The summed E-state index contributed by atoms with van der Waals surface area (Å²) in [6.07, 6.45) is 2.50. The number of anilines is 1. The van der Waals surface area contributed by atoms with Gasteiger partial charge in [0.05, 0.1) is 0 Å². The number of carbonyl (C=O) groups is 1. The summed E-state index contributed by atoms with van der Waals surface area (Å²) >= 11 is 0. The van der Waals surface area contributed by atoms with Crippen LogP contribution in [0.1, 0.15) is 26.2 Å². The molecule has 4 nitrogen and oxygen atoms in total. The number of nitrogens with one attached hydrogen (secondary N) is 1. The van der Waals surface area contributed by atoms with Crippen LogP contribution in [0.15, 0.2) is 24.3 Å². The number of hydrogen-bond donors (Lipinski definition) is 1. The molecule has 0 saturated carbocycles. The van der Waals surface area contributed by atoms with Gasteiger partial charge in [0.15, 0.2) is 0 Å². The second-order valence-electron chi connectivity index (χ2n) is 3.24. The molecule has 1 rings (SSSR count). The molecular weight excluding hydrogens is 205 g/mol. The molecule has 1 aromatic carbocycles. The first kappa shape index (κ1) is 17.1. The second kappa shape index (κ2) is 8.94. The zero-order chi connectivity index (χ0) is 10.4. The number of rotatable bonds is 4. The predicted octanol–water partition coefficient (Wildman–Crippen LogP) is 1.26. The van der Waals surface area contributed by atoms with E-state index in [1.807, 2.05) is 12.1 Å². The van der Waals surface area contributed by atoms with Crippen LogP contribution in [0.25, 0.3) is 0 Å². The fourth-order valence-electron chi connectivity index (χ4n) is 1.16. The fraction of sp³-hybridized carbons (Fsp3) is 0.364. The second-order valence-corrected chi connectivity index (χ2v) is 3.24. The molecule has 0 fully saturated rings. The van der Waals surface area contributed by atoms with Crippen LogP contribution in [0.5, 0.6) is 0 Å². The summed E-state index contributed by atoms with van der Waals surface area (Å²) in [7, 11) is 5.68. The molecule has 5 heteroatoms. The van der Waals surface area contributed by atoms with Gasteiger partial charge < -0.3 is 11.0 Å². The van der Waals surface area contributed by atoms with Gasteiger partial charge in [-0.05, 0) is 0 Å². The van der Waals surface area contributed by atoms with Crippen LogP contribution in [0.2, 0.25) is 0 Å². The van der Waals surface area contributed by atoms with Gasteiger partial charge in [0.25, 0.3) is 0 Å². The Balaban J connectivity index is 0. The third-order valence-electron chi connectivity index (χ3n) is 1.99. The van der Waals surface area contributed by atoms with Crippen LogP contribution >= 0.6 is 0 Å². The molecule has 3 N–H and O–H groups in total. The molecule has 0 bridgehead atoms. The van der Waals surface area contributed by atoms with E-state index in [0.29, 0.717) is 17.6 Å². The zero-order valence-corrected chi connectivity index (χ0v) is 9.31. The van der Waals surface area contributed by atoms with Gasteiger partial charge in [-0.15, -0.1) is 0 Å². The first-order chi connectivity index (χ1) is 6.74. The maximum absolute atomic E-state index is 11.4. The van der Waals surface area contributed by atoms with Crippen molar-refractivity contribution < 1.29 is 15.7 Å². The topological polar surface area (TPSA) is 89.1 Å². The number of carbonyl (C=O) groups excluding carboxylic acids is 1. The van der Waals surface area contributed by atoms with Crippen molar-refractivity contribution in [3.8, 4) is 0 Å². The molecule has 1 aromatic rings. The van der Waals surface area contributed by atoms with Crippen molar-refractivity contribution in [1.82, 2.24) is 0 Å². The molecule has 86 valence electrons. The number of unbranched alkanes of at least 4 members (excludes halogenated alkanes) is 1. The van der Waals surface area contributed by atoms with Crippen LogP contribution in [0.4, 0.5) is 5.69 Å². The van der Waals surface area contributed by atoms with Gasteiger partial charge in [-0.1, -0.05) is 0 Å². The number of hydrogen-bond acceptors (Lipinski definition) is 3. The van der Waals surface area contributed by atoms with Gasteiger partial charge in [0.2, 0.25) is 0 Å². The summed E-state index contributed by atoms with van der Waals surface area (Å²) in [6.45, 7) is 2.06. The van der Waals surface area contributed by atoms with Crippen molar-refractivity contribution in [3.05, 3.63) is 24.3 Å². The molecule has 16 heavy (non-hydrogen) atoms. The molecule has 1 amide bonds. The van der Waals surface area contributed by atoms with E-state index in [1.165, 1.54) is 0 Å². The van der Waals surface area contributed by atoms with Gasteiger partial charge in [0, 0.05) is 0 Å². The van der Waals surface area contributed by atoms with E-state index in [9.17, 15) is 4.79 Å². The van der Waals surface area contributed by atoms with E-state index in [1.54, 1.807) is 12.1 Å². The Morgan fingerprint density at radius 3 is 2.50 bits per heavy atom. The summed E-state index contributed by atoms with van der Waals surface area (Å²) in [5, 5.41) is 2.78. The van der Waals surface area contributed by atoms with Crippen LogP contribution < -0.4 is 10.8 Å². The van der Waals surface area contributed by atoms with E-state index in [-0.39, 0.29) is 16.9 Å². The first-order valence-corrected chi connectivity index (χ1v) is 4.88. The zero-order valence-electron chi connectivity index (χ0n) is 9.31. The summed E-state index contributed by atoms with van der Waals surface area (Å²) < 4.78 is 0. The van der Waals surface area contributed by atoms with Crippen molar-refractivity contribution >= 4 is 24.9 Å². The van der Waals surface area contributed by atoms with Crippen LogP contribution in [-0.4, -0.2) is 24.7 Å². The normalized spacial score (nSPS) is 8.69. The Morgan fingerprint density at radius 1 is 1.31 bits per heavy atom. The van der Waals surface area contributed by atoms with E-state index in [4.69, 9.17) is 7.85 Å². The van der Waals surface area contributed by atoms with Crippen molar-refractivity contribution in [2.24, 2.45) is 0 Å². The van der Waals surface area contributed by atoms with Gasteiger partial charge in [-0.2, -0.15) is 0 Å². The van der Waals surface area contributed by atoms with Crippen LogP contribution in [0.3, 0.4) is 0 Å². The molecular formula is C11H16BNO3.